The van der Waals surface area contributed by atoms with Crippen LogP contribution in [0.4, 0.5) is 4.39 Å². The molecule has 8 nitrogen and oxygen atoms in total. The highest BCUT2D eigenvalue weighted by atomic mass is 32.1. The second-order valence-corrected chi connectivity index (χ2v) is 7.79. The SMILES string of the molecule is Cc1nc(C(C)(C)NC(=O)c2nc(-c3cccs3)n(-c3cccc(F)c3)n2)no1. The third-order valence-electron chi connectivity index (χ3n) is 4.12. The van der Waals surface area contributed by atoms with E-state index in [4.69, 9.17) is 4.52 Å². The smallest absolute Gasteiger partial charge is 0.291 e. The maximum Gasteiger partial charge on any atom is 0.291 e. The van der Waals surface area contributed by atoms with Gasteiger partial charge in [0, 0.05) is 6.92 Å². The van der Waals surface area contributed by atoms with E-state index in [0.717, 1.165) is 4.88 Å². The number of hydrogen-bond donors (Lipinski definition) is 1. The molecule has 3 heterocycles. The number of aromatic nitrogens is 5. The molecule has 3 aromatic heterocycles. The molecule has 29 heavy (non-hydrogen) atoms. The second-order valence-electron chi connectivity index (χ2n) is 6.84. The van der Waals surface area contributed by atoms with E-state index in [1.165, 1.54) is 28.2 Å². The van der Waals surface area contributed by atoms with Gasteiger partial charge in [-0.05, 0) is 43.5 Å². The standard InChI is InChI=1S/C19H17FN6O2S/c1-11-21-18(25-28-11)19(2,3)23-17(27)15-22-16(14-8-5-9-29-14)26(24-15)13-7-4-6-12(20)10-13/h4-10H,1-3H3,(H,23,27). The van der Waals surface area contributed by atoms with E-state index in [1.807, 2.05) is 17.5 Å². The molecule has 0 atom stereocenters. The Morgan fingerprint density at radius 2 is 2.07 bits per heavy atom. The molecule has 0 saturated carbocycles. The molecule has 1 N–H and O–H groups in total. The van der Waals surface area contributed by atoms with Crippen LogP contribution in [0.5, 0.6) is 0 Å². The van der Waals surface area contributed by atoms with E-state index in [-0.39, 0.29) is 5.82 Å². The van der Waals surface area contributed by atoms with Gasteiger partial charge in [-0.2, -0.15) is 4.98 Å². The van der Waals surface area contributed by atoms with E-state index in [9.17, 15) is 9.18 Å². The number of rotatable bonds is 5. The van der Waals surface area contributed by atoms with Crippen molar-refractivity contribution in [1.29, 1.82) is 0 Å². The van der Waals surface area contributed by atoms with Gasteiger partial charge >= 0.3 is 0 Å². The van der Waals surface area contributed by atoms with Crippen LogP contribution in [-0.2, 0) is 5.54 Å². The van der Waals surface area contributed by atoms with Crippen LogP contribution in [0.2, 0.25) is 0 Å². The number of thiophene rings is 1. The summed E-state index contributed by atoms with van der Waals surface area (Å²) in [5.74, 6) is 0.220. The van der Waals surface area contributed by atoms with Crippen LogP contribution in [0, 0.1) is 12.7 Å². The summed E-state index contributed by atoms with van der Waals surface area (Å²) in [6.45, 7) is 5.17. The summed E-state index contributed by atoms with van der Waals surface area (Å²) >= 11 is 1.45. The maximum absolute atomic E-state index is 13.7. The van der Waals surface area contributed by atoms with Gasteiger partial charge in [0.15, 0.2) is 11.6 Å². The van der Waals surface area contributed by atoms with E-state index in [0.29, 0.717) is 23.2 Å². The zero-order chi connectivity index (χ0) is 20.6. The number of nitrogens with zero attached hydrogens (tertiary/aromatic N) is 5. The molecule has 0 unspecified atom stereocenters. The summed E-state index contributed by atoms with van der Waals surface area (Å²) in [6, 6.07) is 9.67. The third-order valence-corrected chi connectivity index (χ3v) is 4.98. The van der Waals surface area contributed by atoms with Crippen molar-refractivity contribution < 1.29 is 13.7 Å². The minimum Gasteiger partial charge on any atom is -0.340 e. The Balaban J connectivity index is 1.71. The molecular weight excluding hydrogens is 395 g/mol. The fraction of sp³-hybridized carbons (Fsp3) is 0.211. The lowest BCUT2D eigenvalue weighted by atomic mass is 10.1. The third kappa shape index (κ3) is 3.79. The van der Waals surface area contributed by atoms with Crippen LogP contribution in [0.3, 0.4) is 0 Å². The molecule has 0 radical (unpaired) electrons. The molecule has 0 bridgehead atoms. The Morgan fingerprint density at radius 1 is 1.24 bits per heavy atom. The molecule has 148 valence electrons. The molecule has 0 aliphatic carbocycles. The number of halogens is 1. The average molecular weight is 412 g/mol. The van der Waals surface area contributed by atoms with Crippen molar-refractivity contribution in [3.8, 4) is 16.4 Å². The van der Waals surface area contributed by atoms with Crippen LogP contribution >= 0.6 is 11.3 Å². The van der Waals surface area contributed by atoms with Gasteiger partial charge in [-0.1, -0.05) is 17.3 Å². The molecule has 0 aliphatic heterocycles. The number of aryl methyl sites for hydroxylation is 1. The molecule has 4 aromatic rings. The van der Waals surface area contributed by atoms with Gasteiger partial charge in [-0.25, -0.2) is 14.1 Å². The number of nitrogens with one attached hydrogen (secondary N) is 1. The van der Waals surface area contributed by atoms with Crippen molar-refractivity contribution in [2.75, 3.05) is 0 Å². The summed E-state index contributed by atoms with van der Waals surface area (Å²) in [6.07, 6.45) is 0. The van der Waals surface area contributed by atoms with Crippen molar-refractivity contribution in [3.05, 3.63) is 65.1 Å². The molecule has 0 fully saturated rings. The van der Waals surface area contributed by atoms with Gasteiger partial charge in [0.05, 0.1) is 16.1 Å². The van der Waals surface area contributed by atoms with Gasteiger partial charge in [0.25, 0.3) is 5.91 Å². The first-order valence-electron chi connectivity index (χ1n) is 8.74. The van der Waals surface area contributed by atoms with Crippen molar-refractivity contribution in [2.45, 2.75) is 26.3 Å². The summed E-state index contributed by atoms with van der Waals surface area (Å²) in [5, 5.41) is 12.9. The fourth-order valence-electron chi connectivity index (χ4n) is 2.71. The average Bonchev–Trinajstić information content (AvgIpc) is 3.41. The van der Waals surface area contributed by atoms with Crippen LogP contribution in [0.1, 0.15) is 36.2 Å². The highest BCUT2D eigenvalue weighted by molar-refractivity contribution is 7.13. The number of carbonyl (C=O) groups excluding carboxylic acids is 1. The number of benzene rings is 1. The molecule has 1 amide bonds. The lowest BCUT2D eigenvalue weighted by molar-refractivity contribution is 0.0896. The predicted molar refractivity (Wildman–Crippen MR) is 104 cm³/mol. The van der Waals surface area contributed by atoms with E-state index in [1.54, 1.807) is 32.9 Å². The van der Waals surface area contributed by atoms with Gasteiger partial charge in [-0.3, -0.25) is 4.79 Å². The van der Waals surface area contributed by atoms with Crippen molar-refractivity contribution in [2.24, 2.45) is 0 Å². The second kappa shape index (κ2) is 7.21. The minimum absolute atomic E-state index is 0.0500. The van der Waals surface area contributed by atoms with Crippen molar-refractivity contribution >= 4 is 17.2 Å². The molecule has 10 heteroatoms. The Morgan fingerprint density at radius 3 is 2.72 bits per heavy atom. The molecule has 0 saturated heterocycles. The van der Waals surface area contributed by atoms with Gasteiger partial charge in [0.2, 0.25) is 11.7 Å². The van der Waals surface area contributed by atoms with Crippen LogP contribution in [0.15, 0.2) is 46.3 Å². The zero-order valence-electron chi connectivity index (χ0n) is 15.9. The molecule has 1 aromatic carbocycles. The topological polar surface area (TPSA) is 98.7 Å². The van der Waals surface area contributed by atoms with Crippen LogP contribution in [-0.4, -0.2) is 30.8 Å². The zero-order valence-corrected chi connectivity index (χ0v) is 16.7. The molecule has 4 rings (SSSR count). The van der Waals surface area contributed by atoms with Gasteiger partial charge < -0.3 is 9.84 Å². The number of carbonyl (C=O) groups is 1. The van der Waals surface area contributed by atoms with E-state index in [2.05, 4.69) is 25.5 Å². The van der Waals surface area contributed by atoms with Gasteiger partial charge in [0.1, 0.15) is 5.82 Å². The number of amides is 1. The van der Waals surface area contributed by atoms with Crippen molar-refractivity contribution in [3.63, 3.8) is 0 Å². The summed E-state index contributed by atoms with van der Waals surface area (Å²) < 4.78 is 20.2. The Hall–Kier alpha value is -3.40. The number of hydrogen-bond acceptors (Lipinski definition) is 7. The summed E-state index contributed by atoms with van der Waals surface area (Å²) in [7, 11) is 0. The molecular formula is C19H17FN6O2S. The highest BCUT2D eigenvalue weighted by Gasteiger charge is 2.31. The Bertz CT molecular complexity index is 1170. The first kappa shape index (κ1) is 18.9. The highest BCUT2D eigenvalue weighted by Crippen LogP contribution is 2.26. The van der Waals surface area contributed by atoms with Gasteiger partial charge in [-0.15, -0.1) is 16.4 Å². The normalized spacial score (nSPS) is 11.6. The lowest BCUT2D eigenvalue weighted by Gasteiger charge is -2.21. The first-order chi connectivity index (χ1) is 13.8. The van der Waals surface area contributed by atoms with Crippen LogP contribution in [0.25, 0.3) is 16.4 Å². The predicted octanol–water partition coefficient (Wildman–Crippen LogP) is 3.49. The molecule has 0 aliphatic rings. The summed E-state index contributed by atoms with van der Waals surface area (Å²) in [5.41, 5.74) is -0.435. The summed E-state index contributed by atoms with van der Waals surface area (Å²) in [4.78, 5) is 22.2. The Kier molecular flexibility index (Phi) is 4.71. The monoisotopic (exact) mass is 412 g/mol. The molecule has 0 spiro atoms. The maximum atomic E-state index is 13.7. The van der Waals surface area contributed by atoms with Crippen molar-refractivity contribution in [1.82, 2.24) is 30.2 Å². The van der Waals surface area contributed by atoms with Crippen LogP contribution < -0.4 is 5.32 Å². The Labute approximate surface area is 169 Å². The first-order valence-corrected chi connectivity index (χ1v) is 9.61. The fourth-order valence-corrected chi connectivity index (χ4v) is 3.41. The quantitative estimate of drug-likeness (QED) is 0.539. The lowest BCUT2D eigenvalue weighted by Crippen LogP contribution is -2.42. The largest absolute Gasteiger partial charge is 0.340 e. The minimum atomic E-state index is -0.901. The van der Waals surface area contributed by atoms with E-state index >= 15 is 0 Å². The van der Waals surface area contributed by atoms with E-state index < -0.39 is 17.3 Å².